The molecule has 2 aromatic rings. The maximum atomic E-state index is 12.1. The van der Waals surface area contributed by atoms with Crippen LogP contribution in [0.5, 0.6) is 5.75 Å². The number of ether oxygens (including phenoxy) is 1. The third kappa shape index (κ3) is 5.93. The number of rotatable bonds is 8. The predicted molar refractivity (Wildman–Crippen MR) is 103 cm³/mol. The first kappa shape index (κ1) is 20.1. The lowest BCUT2D eigenvalue weighted by molar-refractivity contribution is -0.119. The molecule has 0 saturated carbocycles. The van der Waals surface area contributed by atoms with Gasteiger partial charge in [-0.15, -0.1) is 0 Å². The second-order valence-corrected chi connectivity index (χ2v) is 8.05. The van der Waals surface area contributed by atoms with Crippen molar-refractivity contribution >= 4 is 33.2 Å². The number of carbonyl (C=O) groups is 1. The molecule has 0 aliphatic rings. The van der Waals surface area contributed by atoms with E-state index in [4.69, 9.17) is 16.3 Å². The van der Waals surface area contributed by atoms with E-state index < -0.39 is 15.9 Å². The lowest BCUT2D eigenvalue weighted by atomic mass is 10.2. The number of hydrogen-bond donors (Lipinski definition) is 1. The SMILES string of the molecule is Cc1cccc(OCCNC(=O)CN(c2ccccc2Cl)S(C)(=O)=O)c1. The molecule has 0 bridgehead atoms. The van der Waals surface area contributed by atoms with Gasteiger partial charge in [-0.2, -0.15) is 0 Å². The predicted octanol–water partition coefficient (Wildman–Crippen LogP) is 2.61. The molecule has 1 N–H and O–H groups in total. The quantitative estimate of drug-likeness (QED) is 0.696. The van der Waals surface area contributed by atoms with Gasteiger partial charge in [0.25, 0.3) is 0 Å². The third-order valence-corrected chi connectivity index (χ3v) is 4.94. The van der Waals surface area contributed by atoms with Gasteiger partial charge in [-0.1, -0.05) is 35.9 Å². The van der Waals surface area contributed by atoms with E-state index in [1.54, 1.807) is 24.3 Å². The minimum absolute atomic E-state index is 0.257. The molecule has 0 atom stereocenters. The normalized spacial score (nSPS) is 11.0. The van der Waals surface area contributed by atoms with Crippen LogP contribution in [0.25, 0.3) is 0 Å². The molecular formula is C18H21ClN2O4S. The maximum absolute atomic E-state index is 12.1. The monoisotopic (exact) mass is 396 g/mol. The minimum atomic E-state index is -3.66. The molecular weight excluding hydrogens is 376 g/mol. The number of halogens is 1. The van der Waals surface area contributed by atoms with E-state index in [0.717, 1.165) is 16.1 Å². The third-order valence-electron chi connectivity index (χ3n) is 3.49. The highest BCUT2D eigenvalue weighted by molar-refractivity contribution is 7.92. The highest BCUT2D eigenvalue weighted by Crippen LogP contribution is 2.26. The number of nitrogens with one attached hydrogen (secondary N) is 1. The summed E-state index contributed by atoms with van der Waals surface area (Å²) in [6.45, 7) is 2.14. The van der Waals surface area contributed by atoms with E-state index in [1.165, 1.54) is 0 Å². The van der Waals surface area contributed by atoms with Crippen molar-refractivity contribution < 1.29 is 17.9 Å². The van der Waals surface area contributed by atoms with Crippen molar-refractivity contribution in [3.63, 3.8) is 0 Å². The molecule has 0 heterocycles. The average molecular weight is 397 g/mol. The van der Waals surface area contributed by atoms with Crippen molar-refractivity contribution in [1.82, 2.24) is 5.32 Å². The number of para-hydroxylation sites is 1. The molecule has 0 saturated heterocycles. The van der Waals surface area contributed by atoms with Gasteiger partial charge in [-0.3, -0.25) is 9.10 Å². The van der Waals surface area contributed by atoms with Crippen LogP contribution in [0.1, 0.15) is 5.56 Å². The van der Waals surface area contributed by atoms with Crippen molar-refractivity contribution in [1.29, 1.82) is 0 Å². The van der Waals surface area contributed by atoms with Gasteiger partial charge in [0.2, 0.25) is 15.9 Å². The van der Waals surface area contributed by atoms with Crippen LogP contribution >= 0.6 is 11.6 Å². The van der Waals surface area contributed by atoms with Gasteiger partial charge in [-0.05, 0) is 36.8 Å². The van der Waals surface area contributed by atoms with Gasteiger partial charge in [0, 0.05) is 0 Å². The number of anilines is 1. The van der Waals surface area contributed by atoms with Crippen molar-refractivity contribution in [2.24, 2.45) is 0 Å². The van der Waals surface area contributed by atoms with Crippen molar-refractivity contribution in [2.45, 2.75) is 6.92 Å². The summed E-state index contributed by atoms with van der Waals surface area (Å²) >= 11 is 6.06. The first-order valence-electron chi connectivity index (χ1n) is 7.96. The van der Waals surface area contributed by atoms with Crippen molar-refractivity contribution in [3.8, 4) is 5.75 Å². The molecule has 1 amide bonds. The van der Waals surface area contributed by atoms with E-state index in [2.05, 4.69) is 5.32 Å². The van der Waals surface area contributed by atoms with E-state index in [-0.39, 0.29) is 30.4 Å². The zero-order valence-corrected chi connectivity index (χ0v) is 16.2. The van der Waals surface area contributed by atoms with Crippen LogP contribution in [0.4, 0.5) is 5.69 Å². The van der Waals surface area contributed by atoms with Crippen LogP contribution in [0, 0.1) is 6.92 Å². The number of amides is 1. The summed E-state index contributed by atoms with van der Waals surface area (Å²) < 4.78 is 30.6. The van der Waals surface area contributed by atoms with Crippen LogP contribution in [-0.4, -0.2) is 40.3 Å². The Morgan fingerprint density at radius 2 is 1.92 bits per heavy atom. The zero-order valence-electron chi connectivity index (χ0n) is 14.6. The Balaban J connectivity index is 1.91. The van der Waals surface area contributed by atoms with Crippen LogP contribution in [0.2, 0.25) is 5.02 Å². The molecule has 6 nitrogen and oxygen atoms in total. The second-order valence-electron chi connectivity index (χ2n) is 5.74. The number of nitrogens with zero attached hydrogens (tertiary/aromatic N) is 1. The number of aryl methyl sites for hydroxylation is 1. The molecule has 0 spiro atoms. The zero-order chi connectivity index (χ0) is 19.2. The van der Waals surface area contributed by atoms with E-state index in [9.17, 15) is 13.2 Å². The average Bonchev–Trinajstić information content (AvgIpc) is 2.56. The Bertz CT molecular complexity index is 871. The molecule has 2 rings (SSSR count). The largest absolute Gasteiger partial charge is 0.492 e. The number of carbonyl (C=O) groups excluding carboxylic acids is 1. The Hall–Kier alpha value is -2.25. The van der Waals surface area contributed by atoms with Gasteiger partial charge in [0.05, 0.1) is 23.5 Å². The van der Waals surface area contributed by atoms with Gasteiger partial charge in [0.15, 0.2) is 0 Å². The topological polar surface area (TPSA) is 75.7 Å². The van der Waals surface area contributed by atoms with Gasteiger partial charge in [-0.25, -0.2) is 8.42 Å². The number of benzene rings is 2. The minimum Gasteiger partial charge on any atom is -0.492 e. The van der Waals surface area contributed by atoms with Crippen LogP contribution in [0.15, 0.2) is 48.5 Å². The van der Waals surface area contributed by atoms with Gasteiger partial charge < -0.3 is 10.1 Å². The fourth-order valence-corrected chi connectivity index (χ4v) is 3.44. The highest BCUT2D eigenvalue weighted by Gasteiger charge is 2.22. The Morgan fingerprint density at radius 3 is 2.58 bits per heavy atom. The lowest BCUT2D eigenvalue weighted by Gasteiger charge is -2.22. The first-order chi connectivity index (χ1) is 12.3. The summed E-state index contributed by atoms with van der Waals surface area (Å²) in [5, 5.41) is 2.90. The molecule has 0 fully saturated rings. The molecule has 0 radical (unpaired) electrons. The van der Waals surface area contributed by atoms with E-state index >= 15 is 0 Å². The van der Waals surface area contributed by atoms with Crippen LogP contribution in [0.3, 0.4) is 0 Å². The smallest absolute Gasteiger partial charge is 0.240 e. The molecule has 26 heavy (non-hydrogen) atoms. The Labute approximate surface area is 158 Å². The maximum Gasteiger partial charge on any atom is 0.240 e. The van der Waals surface area contributed by atoms with Crippen LogP contribution in [-0.2, 0) is 14.8 Å². The summed E-state index contributed by atoms with van der Waals surface area (Å²) in [6, 6.07) is 14.0. The summed E-state index contributed by atoms with van der Waals surface area (Å²) in [7, 11) is -3.66. The van der Waals surface area contributed by atoms with Gasteiger partial charge >= 0.3 is 0 Å². The second kappa shape index (κ2) is 8.91. The highest BCUT2D eigenvalue weighted by atomic mass is 35.5. The van der Waals surface area contributed by atoms with Crippen LogP contribution < -0.4 is 14.4 Å². The summed E-state index contributed by atoms with van der Waals surface area (Å²) in [6.07, 6.45) is 1.03. The Kier molecular flexibility index (Phi) is 6.88. The molecule has 0 unspecified atom stereocenters. The van der Waals surface area contributed by atoms with E-state index in [1.807, 2.05) is 31.2 Å². The van der Waals surface area contributed by atoms with E-state index in [0.29, 0.717) is 5.75 Å². The first-order valence-corrected chi connectivity index (χ1v) is 10.2. The standard InChI is InChI=1S/C18H21ClN2O4S/c1-14-6-5-7-15(12-14)25-11-10-20-18(22)13-21(26(2,23)24)17-9-4-3-8-16(17)19/h3-9,12H,10-11,13H2,1-2H3,(H,20,22). The number of hydrogen-bond acceptors (Lipinski definition) is 4. The fraction of sp³-hybridized carbons (Fsp3) is 0.278. The fourth-order valence-electron chi connectivity index (χ4n) is 2.29. The molecule has 0 aliphatic heterocycles. The molecule has 140 valence electrons. The summed E-state index contributed by atoms with van der Waals surface area (Å²) in [5.41, 5.74) is 1.35. The number of sulfonamides is 1. The molecule has 2 aromatic carbocycles. The van der Waals surface area contributed by atoms with Crippen molar-refractivity contribution in [2.75, 3.05) is 30.3 Å². The summed E-state index contributed by atoms with van der Waals surface area (Å²) in [4.78, 5) is 12.1. The lowest BCUT2D eigenvalue weighted by Crippen LogP contribution is -2.41. The summed E-state index contributed by atoms with van der Waals surface area (Å²) in [5.74, 6) is 0.274. The Morgan fingerprint density at radius 1 is 1.19 bits per heavy atom. The molecule has 0 aromatic heterocycles. The van der Waals surface area contributed by atoms with Gasteiger partial charge in [0.1, 0.15) is 18.9 Å². The molecule has 0 aliphatic carbocycles. The van der Waals surface area contributed by atoms with Crippen molar-refractivity contribution in [3.05, 3.63) is 59.1 Å². The molecule has 8 heteroatoms.